The third kappa shape index (κ3) is 5.22. The third-order valence-corrected chi connectivity index (χ3v) is 6.79. The molecule has 2 fully saturated rings. The molecule has 0 unspecified atom stereocenters. The Morgan fingerprint density at radius 1 is 1.10 bits per heavy atom. The van der Waals surface area contributed by atoms with Crippen LogP contribution < -0.4 is 5.32 Å². The zero-order valence-electron chi connectivity index (χ0n) is 18.2. The predicted octanol–water partition coefficient (Wildman–Crippen LogP) is 2.31. The van der Waals surface area contributed by atoms with Crippen molar-refractivity contribution < 1.29 is 14.3 Å². The van der Waals surface area contributed by atoms with Crippen LogP contribution in [0.4, 0.5) is 0 Å². The van der Waals surface area contributed by atoms with Crippen LogP contribution in [0.25, 0.3) is 0 Å². The highest BCUT2D eigenvalue weighted by Crippen LogP contribution is 2.25. The van der Waals surface area contributed by atoms with Gasteiger partial charge in [-0.25, -0.2) is 0 Å². The van der Waals surface area contributed by atoms with E-state index < -0.39 is 0 Å². The molecule has 6 nitrogen and oxygen atoms in total. The van der Waals surface area contributed by atoms with Gasteiger partial charge in [0.1, 0.15) is 0 Å². The molecule has 6 heteroatoms. The van der Waals surface area contributed by atoms with E-state index in [1.165, 1.54) is 36.0 Å². The second-order valence-electron chi connectivity index (χ2n) is 9.04. The fraction of sp³-hybridized carbons (Fsp3) is 0.667. The van der Waals surface area contributed by atoms with Gasteiger partial charge in [-0.05, 0) is 68.7 Å². The van der Waals surface area contributed by atoms with Gasteiger partial charge in [0.2, 0.25) is 11.8 Å². The minimum atomic E-state index is 0.000274. The average Bonchev–Trinajstić information content (AvgIpc) is 2.79. The van der Waals surface area contributed by atoms with Gasteiger partial charge in [-0.2, -0.15) is 0 Å². The number of hydrogen-bond acceptors (Lipinski definition) is 4. The summed E-state index contributed by atoms with van der Waals surface area (Å²) >= 11 is 0. The minimum absolute atomic E-state index is 0.000274. The molecule has 1 N–H and O–H groups in total. The van der Waals surface area contributed by atoms with Gasteiger partial charge < -0.3 is 15.0 Å². The Balaban J connectivity index is 1.28. The van der Waals surface area contributed by atoms with Crippen LogP contribution in [0.5, 0.6) is 0 Å². The van der Waals surface area contributed by atoms with Gasteiger partial charge in [0.15, 0.2) is 0 Å². The van der Waals surface area contributed by atoms with Gasteiger partial charge in [0.05, 0.1) is 31.7 Å². The number of aryl methyl sites for hydroxylation is 2. The third-order valence-electron chi connectivity index (χ3n) is 6.79. The number of rotatable bonds is 5. The molecule has 0 radical (unpaired) electrons. The van der Waals surface area contributed by atoms with Gasteiger partial charge in [-0.15, -0.1) is 0 Å². The Labute approximate surface area is 179 Å². The van der Waals surface area contributed by atoms with E-state index in [2.05, 4.69) is 35.3 Å². The average molecular weight is 414 g/mol. The number of ether oxygens (including phenoxy) is 1. The summed E-state index contributed by atoms with van der Waals surface area (Å²) in [4.78, 5) is 29.6. The van der Waals surface area contributed by atoms with Crippen LogP contribution in [-0.4, -0.2) is 67.6 Å². The van der Waals surface area contributed by atoms with Crippen LogP contribution in [-0.2, 0) is 27.2 Å². The second kappa shape index (κ2) is 9.92. The Hall–Kier alpha value is -1.92. The van der Waals surface area contributed by atoms with Crippen LogP contribution in [0.3, 0.4) is 0 Å². The van der Waals surface area contributed by atoms with Crippen LogP contribution in [0.15, 0.2) is 18.2 Å². The summed E-state index contributed by atoms with van der Waals surface area (Å²) in [5, 5.41) is 3.17. The van der Waals surface area contributed by atoms with Crippen molar-refractivity contribution in [2.24, 2.45) is 5.92 Å². The molecule has 2 heterocycles. The molecule has 2 atom stereocenters. The molecule has 164 valence electrons. The molecule has 4 rings (SSSR count). The number of nitrogens with one attached hydrogen (secondary N) is 1. The molecule has 0 spiro atoms. The van der Waals surface area contributed by atoms with Gasteiger partial charge in [0.25, 0.3) is 0 Å². The summed E-state index contributed by atoms with van der Waals surface area (Å²) in [5.41, 5.74) is 4.09. The lowest BCUT2D eigenvalue weighted by Gasteiger charge is -2.36. The normalized spacial score (nSPS) is 23.5. The van der Waals surface area contributed by atoms with Crippen molar-refractivity contribution in [3.8, 4) is 0 Å². The van der Waals surface area contributed by atoms with Gasteiger partial charge in [-0.1, -0.05) is 18.2 Å². The molecule has 2 amide bonds. The first-order valence-electron chi connectivity index (χ1n) is 11.6. The smallest absolute Gasteiger partial charge is 0.234 e. The molecule has 3 aliphatic rings. The van der Waals surface area contributed by atoms with E-state index >= 15 is 0 Å². The summed E-state index contributed by atoms with van der Waals surface area (Å²) in [6, 6.07) is 6.67. The maximum absolute atomic E-state index is 12.8. The molecule has 1 aliphatic carbocycles. The fourth-order valence-electron chi connectivity index (χ4n) is 5.04. The SMILES string of the molecule is C[C@H](NC(=O)CN1CCC[C@H](C(=O)N2CCOCC2)C1)c1ccc2c(c1)CCCC2. The van der Waals surface area contributed by atoms with Gasteiger partial charge in [-0.3, -0.25) is 14.5 Å². The first kappa shape index (κ1) is 21.3. The summed E-state index contributed by atoms with van der Waals surface area (Å²) in [6.45, 7) is 6.62. The Kier molecular flexibility index (Phi) is 7.05. The number of amides is 2. The number of morpholine rings is 1. The Morgan fingerprint density at radius 2 is 1.87 bits per heavy atom. The molecule has 0 bridgehead atoms. The quantitative estimate of drug-likeness (QED) is 0.805. The maximum Gasteiger partial charge on any atom is 0.234 e. The van der Waals surface area contributed by atoms with Crippen LogP contribution in [0, 0.1) is 5.92 Å². The predicted molar refractivity (Wildman–Crippen MR) is 116 cm³/mol. The molecule has 0 saturated carbocycles. The van der Waals surface area contributed by atoms with Crippen LogP contribution >= 0.6 is 0 Å². The topological polar surface area (TPSA) is 61.9 Å². The zero-order chi connectivity index (χ0) is 20.9. The van der Waals surface area contributed by atoms with Gasteiger partial charge >= 0.3 is 0 Å². The zero-order valence-corrected chi connectivity index (χ0v) is 18.2. The van der Waals surface area contributed by atoms with Crippen molar-refractivity contribution in [1.82, 2.24) is 15.1 Å². The van der Waals surface area contributed by atoms with Crippen molar-refractivity contribution >= 4 is 11.8 Å². The highest BCUT2D eigenvalue weighted by molar-refractivity contribution is 5.80. The molecule has 1 aromatic carbocycles. The lowest BCUT2D eigenvalue weighted by Crippen LogP contribution is -2.50. The lowest BCUT2D eigenvalue weighted by molar-refractivity contribution is -0.142. The summed E-state index contributed by atoms with van der Waals surface area (Å²) in [6.07, 6.45) is 6.75. The van der Waals surface area contributed by atoms with Crippen molar-refractivity contribution in [2.45, 2.75) is 51.5 Å². The van der Waals surface area contributed by atoms with Crippen molar-refractivity contribution in [3.05, 3.63) is 34.9 Å². The number of hydrogen-bond donors (Lipinski definition) is 1. The molecule has 1 aromatic rings. The molecular weight excluding hydrogens is 378 g/mol. The van der Waals surface area contributed by atoms with E-state index in [4.69, 9.17) is 4.74 Å². The molecule has 2 aliphatic heterocycles. The van der Waals surface area contributed by atoms with Gasteiger partial charge in [0, 0.05) is 19.6 Å². The second-order valence-corrected chi connectivity index (χ2v) is 9.04. The standard InChI is InChI=1S/C24H35N3O3/c1-18(20-9-8-19-5-2-3-6-21(19)15-20)25-23(28)17-26-10-4-7-22(16-26)24(29)27-11-13-30-14-12-27/h8-9,15,18,22H,2-7,10-14,16-17H2,1H3,(H,25,28)/t18-,22-/m0/s1. The highest BCUT2D eigenvalue weighted by Gasteiger charge is 2.30. The summed E-state index contributed by atoms with van der Waals surface area (Å²) in [7, 11) is 0. The summed E-state index contributed by atoms with van der Waals surface area (Å²) in [5.74, 6) is 0.272. The van der Waals surface area contributed by atoms with Crippen molar-refractivity contribution in [3.63, 3.8) is 0 Å². The number of carbonyl (C=O) groups excluding carboxylic acids is 2. The van der Waals surface area contributed by atoms with E-state index in [1.54, 1.807) is 0 Å². The fourth-order valence-corrected chi connectivity index (χ4v) is 5.04. The Morgan fingerprint density at radius 3 is 2.67 bits per heavy atom. The molecule has 0 aromatic heterocycles. The molecule has 2 saturated heterocycles. The van der Waals surface area contributed by atoms with E-state index in [1.807, 2.05) is 4.90 Å². The van der Waals surface area contributed by atoms with Crippen molar-refractivity contribution in [1.29, 1.82) is 0 Å². The van der Waals surface area contributed by atoms with Crippen LogP contribution in [0.2, 0.25) is 0 Å². The first-order chi connectivity index (χ1) is 14.6. The van der Waals surface area contributed by atoms with E-state index in [9.17, 15) is 9.59 Å². The minimum Gasteiger partial charge on any atom is -0.378 e. The van der Waals surface area contributed by atoms with Crippen LogP contribution in [0.1, 0.15) is 55.3 Å². The van der Waals surface area contributed by atoms with E-state index in [0.717, 1.165) is 25.8 Å². The summed E-state index contributed by atoms with van der Waals surface area (Å²) < 4.78 is 5.36. The lowest BCUT2D eigenvalue weighted by atomic mass is 9.89. The number of carbonyl (C=O) groups is 2. The molecule has 30 heavy (non-hydrogen) atoms. The monoisotopic (exact) mass is 413 g/mol. The maximum atomic E-state index is 12.8. The number of piperidine rings is 1. The van der Waals surface area contributed by atoms with Crippen molar-refractivity contribution in [2.75, 3.05) is 45.9 Å². The van der Waals surface area contributed by atoms with E-state index in [0.29, 0.717) is 39.4 Å². The number of nitrogens with zero attached hydrogens (tertiary/aromatic N) is 2. The first-order valence-corrected chi connectivity index (χ1v) is 11.6. The largest absolute Gasteiger partial charge is 0.378 e. The van der Waals surface area contributed by atoms with E-state index in [-0.39, 0.29) is 23.8 Å². The number of fused-ring (bicyclic) bond motifs is 1. The highest BCUT2D eigenvalue weighted by atomic mass is 16.5. The molecular formula is C24H35N3O3. The Bertz CT molecular complexity index is 760. The number of likely N-dealkylation sites (tertiary alicyclic amines) is 1. The number of benzene rings is 1.